The molecule has 1 saturated carbocycles. The van der Waals surface area contributed by atoms with Crippen molar-refractivity contribution in [3.05, 3.63) is 42.6 Å². The number of aromatic nitrogens is 3. The van der Waals surface area contributed by atoms with E-state index >= 15 is 0 Å². The molecule has 0 saturated heterocycles. The van der Waals surface area contributed by atoms with E-state index in [4.69, 9.17) is 8.28 Å². The first-order valence-electron chi connectivity index (χ1n) is 9.39. The predicted octanol–water partition coefficient (Wildman–Crippen LogP) is 4.25. The van der Waals surface area contributed by atoms with Crippen LogP contribution < -0.4 is 5.32 Å². The van der Waals surface area contributed by atoms with E-state index in [1.165, 1.54) is 0 Å². The van der Waals surface area contributed by atoms with Crippen LogP contribution in [0.15, 0.2) is 23.3 Å². The fraction of sp³-hybridized carbons (Fsp3) is 0.450. The number of nitrogens with zero attached hydrogens (tertiary/aromatic N) is 3. The normalized spacial score (nSPS) is 18.2. The maximum atomic E-state index is 11.7. The van der Waals surface area contributed by atoms with Crippen LogP contribution in [0.3, 0.4) is 0 Å². The van der Waals surface area contributed by atoms with Gasteiger partial charge in [0.05, 0.1) is 0 Å². The van der Waals surface area contributed by atoms with Crippen LogP contribution in [0, 0.1) is 13.0 Å². The van der Waals surface area contributed by atoms with Gasteiger partial charge in [0, 0.05) is 29.2 Å². The SMILES string of the molecule is [CH2-]Cc1[c-]ccnc1Nc1cc(C2CCC(OC(=O)N=C(C)C)CC2)[nH]n1.[O]=[Os]. The van der Waals surface area contributed by atoms with Crippen molar-refractivity contribution in [1.29, 1.82) is 0 Å². The van der Waals surface area contributed by atoms with Crippen molar-refractivity contribution in [1.82, 2.24) is 15.2 Å². The van der Waals surface area contributed by atoms with Gasteiger partial charge in [-0.05, 0) is 39.5 Å². The summed E-state index contributed by atoms with van der Waals surface area (Å²) in [6.07, 6.45) is 5.31. The van der Waals surface area contributed by atoms with Gasteiger partial charge in [-0.25, -0.2) is 4.79 Å². The summed E-state index contributed by atoms with van der Waals surface area (Å²) in [6, 6.07) is 6.93. The Morgan fingerprint density at radius 3 is 2.76 bits per heavy atom. The van der Waals surface area contributed by atoms with Crippen molar-refractivity contribution in [2.24, 2.45) is 4.99 Å². The van der Waals surface area contributed by atoms with Crippen LogP contribution in [0.4, 0.5) is 16.4 Å². The molecule has 158 valence electrons. The maximum absolute atomic E-state index is 11.7. The average Bonchev–Trinajstić information content (AvgIpc) is 3.18. The number of anilines is 2. The number of rotatable bonds is 5. The number of amides is 1. The molecule has 2 N–H and O–H groups in total. The molecule has 0 spiro atoms. The van der Waals surface area contributed by atoms with E-state index in [0.717, 1.165) is 48.6 Å². The molecule has 0 unspecified atom stereocenters. The fourth-order valence-corrected chi connectivity index (χ4v) is 3.27. The zero-order valence-electron chi connectivity index (χ0n) is 16.5. The third-order valence-corrected chi connectivity index (χ3v) is 4.61. The Bertz CT molecular complexity index is 827. The summed E-state index contributed by atoms with van der Waals surface area (Å²) >= 11 is 0.611. The Balaban J connectivity index is 0.00000145. The van der Waals surface area contributed by atoms with Crippen LogP contribution in [0.5, 0.6) is 0 Å². The molecule has 2 aromatic heterocycles. The van der Waals surface area contributed by atoms with Crippen LogP contribution in [0.25, 0.3) is 0 Å². The van der Waals surface area contributed by atoms with Gasteiger partial charge >= 0.3 is 28.2 Å². The number of H-pyrrole nitrogens is 1. The molecule has 9 heteroatoms. The predicted molar refractivity (Wildman–Crippen MR) is 105 cm³/mol. The monoisotopic (exact) mass is 575 g/mol. The number of carbonyl (C=O) groups excluding carboxylic acids is 1. The summed E-state index contributed by atoms with van der Waals surface area (Å²) in [5.74, 6) is 1.84. The fourth-order valence-electron chi connectivity index (χ4n) is 3.27. The number of nitrogens with one attached hydrogen (secondary N) is 2. The van der Waals surface area contributed by atoms with Gasteiger partial charge in [0.2, 0.25) is 0 Å². The van der Waals surface area contributed by atoms with E-state index in [0.29, 0.717) is 36.6 Å². The molecule has 2 aromatic rings. The van der Waals surface area contributed by atoms with Gasteiger partial charge in [-0.1, -0.05) is 6.20 Å². The van der Waals surface area contributed by atoms with Crippen LogP contribution in [-0.4, -0.2) is 33.1 Å². The zero-order chi connectivity index (χ0) is 21.2. The topological polar surface area (TPSA) is 109 Å². The molecule has 1 fully saturated rings. The number of hydrogen-bond donors (Lipinski definition) is 2. The second-order valence-electron chi connectivity index (χ2n) is 6.92. The molecule has 0 aliphatic heterocycles. The van der Waals surface area contributed by atoms with Crippen molar-refractivity contribution in [3.63, 3.8) is 0 Å². The van der Waals surface area contributed by atoms with Crippen LogP contribution >= 0.6 is 0 Å². The van der Waals surface area contributed by atoms with Gasteiger partial charge in [-0.3, -0.25) is 5.10 Å². The molecular formula is C20H25N5O3Os-2. The Morgan fingerprint density at radius 2 is 2.10 bits per heavy atom. The van der Waals surface area contributed by atoms with Gasteiger partial charge in [0.25, 0.3) is 0 Å². The molecule has 0 atom stereocenters. The van der Waals surface area contributed by atoms with Crippen molar-refractivity contribution < 1.29 is 31.6 Å². The van der Waals surface area contributed by atoms with Crippen LogP contribution in [0.1, 0.15) is 56.7 Å². The first kappa shape index (κ1) is 23.0. The van der Waals surface area contributed by atoms with Crippen molar-refractivity contribution in [3.8, 4) is 0 Å². The summed E-state index contributed by atoms with van der Waals surface area (Å²) in [5, 5.41) is 10.7. The molecule has 29 heavy (non-hydrogen) atoms. The third kappa shape index (κ3) is 6.93. The average molecular weight is 574 g/mol. The summed E-state index contributed by atoms with van der Waals surface area (Å²) < 4.78 is 13.7. The second-order valence-corrected chi connectivity index (χ2v) is 6.92. The van der Waals surface area contributed by atoms with E-state index in [-0.39, 0.29) is 6.10 Å². The minimum atomic E-state index is -0.486. The van der Waals surface area contributed by atoms with Gasteiger partial charge in [-0.15, -0.1) is 0 Å². The molecule has 8 nitrogen and oxygen atoms in total. The minimum absolute atomic E-state index is 0.0546. The third-order valence-electron chi connectivity index (χ3n) is 4.61. The number of hydrogen-bond acceptors (Lipinski definition) is 6. The molecule has 1 aliphatic rings. The van der Waals surface area contributed by atoms with Crippen molar-refractivity contribution in [2.75, 3.05) is 5.32 Å². The molecule has 3 rings (SSSR count). The van der Waals surface area contributed by atoms with E-state index in [2.05, 4.69) is 38.5 Å². The molecular weight excluding hydrogens is 548 g/mol. The summed E-state index contributed by atoms with van der Waals surface area (Å²) in [4.78, 5) is 19.8. The molecule has 0 aromatic carbocycles. The first-order valence-corrected chi connectivity index (χ1v) is 10.4. The van der Waals surface area contributed by atoms with Crippen LogP contribution in [0.2, 0.25) is 0 Å². The second kappa shape index (κ2) is 11.7. The number of carbonyl (C=O) groups is 1. The van der Waals surface area contributed by atoms with Gasteiger partial charge < -0.3 is 22.0 Å². The Morgan fingerprint density at radius 1 is 1.38 bits per heavy atom. The summed E-state index contributed by atoms with van der Waals surface area (Å²) in [5.41, 5.74) is 2.72. The van der Waals surface area contributed by atoms with Crippen molar-refractivity contribution >= 4 is 23.4 Å². The summed E-state index contributed by atoms with van der Waals surface area (Å²) in [6.45, 7) is 7.46. The number of aliphatic imine (C=N–C) groups is 1. The molecule has 0 bridgehead atoms. The molecule has 0 radical (unpaired) electrons. The van der Waals surface area contributed by atoms with E-state index in [1.807, 2.05) is 6.07 Å². The molecule has 1 aliphatic carbocycles. The number of pyridine rings is 1. The Kier molecular flexibility index (Phi) is 9.26. The van der Waals surface area contributed by atoms with E-state index < -0.39 is 6.09 Å². The Labute approximate surface area is 181 Å². The molecule has 2 heterocycles. The first-order chi connectivity index (χ1) is 14.0. The zero-order valence-corrected chi connectivity index (χ0v) is 19.1. The van der Waals surface area contributed by atoms with Crippen molar-refractivity contribution in [2.45, 2.75) is 58.0 Å². The summed E-state index contributed by atoms with van der Waals surface area (Å²) in [7, 11) is 0. The van der Waals surface area contributed by atoms with E-state index in [9.17, 15) is 4.79 Å². The van der Waals surface area contributed by atoms with Gasteiger partial charge in [0.1, 0.15) is 11.9 Å². The number of ether oxygens (including phenoxy) is 1. The van der Waals surface area contributed by atoms with Crippen LogP contribution in [-0.2, 0) is 33.2 Å². The quantitative estimate of drug-likeness (QED) is 0.409. The van der Waals surface area contributed by atoms with Gasteiger partial charge in [0.15, 0.2) is 0 Å². The van der Waals surface area contributed by atoms with E-state index in [1.54, 1.807) is 26.1 Å². The standard InChI is InChI=1S/C20H25N5O2.O.Os/c1-4-14-6-5-11-21-19(14)23-18-12-17(24-25-18)15-7-9-16(10-8-15)27-20(26)22-13(2)3;;/h5,11-12,15-16H,1,4,7-10H2,2-3H3,(H2,21,23,24,25);;/q-2;;. The molecule has 1 amide bonds. The number of aromatic amines is 1. The van der Waals surface area contributed by atoms with Gasteiger partial charge in [-0.2, -0.15) is 34.2 Å². The Hall–Kier alpha value is -2.26.